The minimum atomic E-state index is -0.141. The van der Waals surface area contributed by atoms with Crippen molar-refractivity contribution in [2.75, 3.05) is 26.3 Å². The Morgan fingerprint density at radius 2 is 1.81 bits per heavy atom. The van der Waals surface area contributed by atoms with E-state index in [1.54, 1.807) is 12.4 Å². The third-order valence-corrected chi connectivity index (χ3v) is 2.21. The second-order valence-corrected chi connectivity index (χ2v) is 3.30. The summed E-state index contributed by atoms with van der Waals surface area (Å²) in [5, 5.41) is 1.87. The van der Waals surface area contributed by atoms with Crippen LogP contribution in [0.5, 0.6) is 0 Å². The predicted molar refractivity (Wildman–Crippen MR) is 53.0 cm³/mol. The summed E-state index contributed by atoms with van der Waals surface area (Å²) < 4.78 is 6.70. The van der Waals surface area contributed by atoms with Gasteiger partial charge >= 0.3 is 6.03 Å². The molecule has 0 aromatic carbocycles. The minimum Gasteiger partial charge on any atom is -1.00 e. The summed E-state index contributed by atoms with van der Waals surface area (Å²) in [6, 6.07) is 5.37. The number of hydrogen-bond donors (Lipinski definition) is 1. The van der Waals surface area contributed by atoms with Crippen LogP contribution in [0, 0.1) is 0 Å². The average Bonchev–Trinajstić information content (AvgIpc) is 2.31. The fourth-order valence-electron chi connectivity index (χ4n) is 1.40. The number of halogens is 1. The van der Waals surface area contributed by atoms with Crippen LogP contribution >= 0.6 is 0 Å². The van der Waals surface area contributed by atoms with E-state index >= 15 is 0 Å². The summed E-state index contributed by atoms with van der Waals surface area (Å²) >= 11 is 0. The largest absolute Gasteiger partial charge is 1.00 e. The van der Waals surface area contributed by atoms with Crippen molar-refractivity contribution in [3.63, 3.8) is 0 Å². The summed E-state index contributed by atoms with van der Waals surface area (Å²) in [4.78, 5) is 11.7. The van der Waals surface area contributed by atoms with Gasteiger partial charge < -0.3 is 17.1 Å². The van der Waals surface area contributed by atoms with Gasteiger partial charge in [-0.3, -0.25) is 0 Å². The number of morpholine rings is 1. The van der Waals surface area contributed by atoms with Gasteiger partial charge in [-0.1, -0.05) is 6.07 Å². The Balaban J connectivity index is 0.00000128. The molecule has 0 radical (unpaired) electrons. The molecule has 0 aliphatic carbocycles. The van der Waals surface area contributed by atoms with Crippen LogP contribution in [0.2, 0.25) is 0 Å². The predicted octanol–water partition coefficient (Wildman–Crippen LogP) is -3.22. The van der Waals surface area contributed by atoms with E-state index in [1.807, 2.05) is 23.2 Å². The van der Waals surface area contributed by atoms with Crippen LogP contribution in [0.15, 0.2) is 30.6 Å². The Labute approximate surface area is 100 Å². The fraction of sp³-hybridized carbons (Fsp3) is 0.400. The summed E-state index contributed by atoms with van der Waals surface area (Å²) in [5.74, 6) is 0. The molecule has 0 atom stereocenters. The van der Waals surface area contributed by atoms with Crippen LogP contribution in [-0.2, 0) is 4.74 Å². The number of ether oxygens (including phenoxy) is 1. The van der Waals surface area contributed by atoms with E-state index in [2.05, 4.69) is 5.43 Å². The fourth-order valence-corrected chi connectivity index (χ4v) is 1.40. The molecule has 1 amide bonds. The quantitative estimate of drug-likeness (QED) is 0.528. The van der Waals surface area contributed by atoms with Crippen LogP contribution in [0.1, 0.15) is 0 Å². The monoisotopic (exact) mass is 243 g/mol. The molecule has 1 aliphatic rings. The lowest BCUT2D eigenvalue weighted by Crippen LogP contribution is -3.00. The van der Waals surface area contributed by atoms with Crippen LogP contribution in [0.3, 0.4) is 0 Å². The lowest BCUT2D eigenvalue weighted by atomic mass is 10.5. The number of aromatic nitrogens is 1. The van der Waals surface area contributed by atoms with E-state index in [9.17, 15) is 4.79 Å². The van der Waals surface area contributed by atoms with Crippen molar-refractivity contribution in [3.05, 3.63) is 30.6 Å². The van der Waals surface area contributed by atoms with Gasteiger partial charge in [0.1, 0.15) is 0 Å². The molecule has 1 aromatic rings. The maximum absolute atomic E-state index is 11.7. The number of pyridine rings is 1. The van der Waals surface area contributed by atoms with Gasteiger partial charge in [0.25, 0.3) is 0 Å². The van der Waals surface area contributed by atoms with Crippen LogP contribution in [0.25, 0.3) is 0 Å². The number of hydrogen-bond acceptors (Lipinski definition) is 3. The Morgan fingerprint density at radius 1 is 1.19 bits per heavy atom. The van der Waals surface area contributed by atoms with Crippen molar-refractivity contribution < 1.29 is 26.5 Å². The minimum absolute atomic E-state index is 0. The Bertz CT molecular complexity index is 328. The number of nitrogens with one attached hydrogen (secondary N) is 1. The highest BCUT2D eigenvalue weighted by atomic mass is 35.5. The molecule has 5 nitrogen and oxygen atoms in total. The lowest BCUT2D eigenvalue weighted by molar-refractivity contribution is -0.573. The van der Waals surface area contributed by atoms with Crippen molar-refractivity contribution in [3.8, 4) is 0 Å². The molecule has 1 fully saturated rings. The molecule has 88 valence electrons. The molecule has 1 aliphatic heterocycles. The van der Waals surface area contributed by atoms with Crippen LogP contribution in [-0.4, -0.2) is 37.3 Å². The zero-order valence-electron chi connectivity index (χ0n) is 8.80. The normalized spacial score (nSPS) is 16.2. The molecule has 0 unspecified atom stereocenters. The van der Waals surface area contributed by atoms with Crippen molar-refractivity contribution >= 4 is 6.03 Å². The number of amides is 1. The molecule has 1 saturated heterocycles. The molecule has 6 heteroatoms. The highest BCUT2D eigenvalue weighted by Crippen LogP contribution is 1.91. The highest BCUT2D eigenvalue weighted by molar-refractivity contribution is 5.63. The maximum Gasteiger partial charge on any atom is 0.514 e. The second kappa shape index (κ2) is 6.42. The molecular formula is C10H14ClN3O2. The van der Waals surface area contributed by atoms with Gasteiger partial charge in [0.05, 0.1) is 38.7 Å². The molecule has 1 N–H and O–H groups in total. The van der Waals surface area contributed by atoms with E-state index in [1.165, 1.54) is 4.57 Å². The van der Waals surface area contributed by atoms with E-state index in [0.717, 1.165) is 13.1 Å². The maximum atomic E-state index is 11.7. The van der Waals surface area contributed by atoms with Crippen LogP contribution < -0.4 is 22.4 Å². The number of carbonyl (C=O) groups excluding carboxylic acids is 1. The zero-order chi connectivity index (χ0) is 10.5. The van der Waals surface area contributed by atoms with Crippen molar-refractivity contribution in [1.29, 1.82) is 0 Å². The van der Waals surface area contributed by atoms with Gasteiger partial charge in [-0.05, 0) is 12.1 Å². The van der Waals surface area contributed by atoms with Gasteiger partial charge in [0.15, 0.2) is 0 Å². The zero-order valence-corrected chi connectivity index (χ0v) is 9.56. The van der Waals surface area contributed by atoms with Crippen molar-refractivity contribution in [1.82, 2.24) is 10.4 Å². The molecule has 2 heterocycles. The first-order valence-corrected chi connectivity index (χ1v) is 4.96. The molecular weight excluding hydrogens is 230 g/mol. The molecule has 2 rings (SSSR count). The first-order valence-electron chi connectivity index (χ1n) is 4.96. The SMILES string of the molecule is O=C(NN1CCOCC1)[n+]1ccccc1.[Cl-]. The van der Waals surface area contributed by atoms with E-state index < -0.39 is 0 Å². The van der Waals surface area contributed by atoms with Gasteiger partial charge in [-0.25, -0.2) is 0 Å². The number of rotatable bonds is 1. The first-order chi connectivity index (χ1) is 7.36. The van der Waals surface area contributed by atoms with Crippen molar-refractivity contribution in [2.24, 2.45) is 0 Å². The standard InChI is InChI=1S/C10H13N3O2.ClH/c14-10(12-4-2-1-3-5-12)11-13-6-8-15-9-7-13;/h1-5H,6-9H2;1H. The molecule has 0 saturated carbocycles. The van der Waals surface area contributed by atoms with E-state index in [-0.39, 0.29) is 18.4 Å². The van der Waals surface area contributed by atoms with Crippen LogP contribution in [0.4, 0.5) is 4.79 Å². The third-order valence-electron chi connectivity index (χ3n) is 2.21. The second-order valence-electron chi connectivity index (χ2n) is 3.30. The number of carbonyl (C=O) groups is 1. The topological polar surface area (TPSA) is 45.5 Å². The molecule has 16 heavy (non-hydrogen) atoms. The van der Waals surface area contributed by atoms with Crippen molar-refractivity contribution in [2.45, 2.75) is 0 Å². The summed E-state index contributed by atoms with van der Waals surface area (Å²) in [6.07, 6.45) is 3.44. The lowest BCUT2D eigenvalue weighted by Gasteiger charge is -2.21. The smallest absolute Gasteiger partial charge is 0.514 e. The van der Waals surface area contributed by atoms with Gasteiger partial charge in [-0.15, -0.1) is 5.01 Å². The van der Waals surface area contributed by atoms with E-state index in [0.29, 0.717) is 13.2 Å². The van der Waals surface area contributed by atoms with Gasteiger partial charge in [-0.2, -0.15) is 14.8 Å². The van der Waals surface area contributed by atoms with Gasteiger partial charge in [0, 0.05) is 0 Å². The van der Waals surface area contributed by atoms with Gasteiger partial charge in [0.2, 0.25) is 0 Å². The summed E-state index contributed by atoms with van der Waals surface area (Å²) in [6.45, 7) is 2.80. The summed E-state index contributed by atoms with van der Waals surface area (Å²) in [7, 11) is 0. The third kappa shape index (κ3) is 3.44. The van der Waals surface area contributed by atoms with E-state index in [4.69, 9.17) is 4.74 Å². The Kier molecular flexibility index (Phi) is 5.18. The molecule has 1 aromatic heterocycles. The Morgan fingerprint density at radius 3 is 2.44 bits per heavy atom. The average molecular weight is 244 g/mol. The Hall–Kier alpha value is -1.17. The number of hydrazine groups is 1. The molecule has 0 spiro atoms. The highest BCUT2D eigenvalue weighted by Gasteiger charge is 2.20. The molecule has 0 bridgehead atoms. The number of nitrogens with zero attached hydrogens (tertiary/aromatic N) is 2. The summed E-state index contributed by atoms with van der Waals surface area (Å²) in [5.41, 5.74) is 2.81. The first kappa shape index (κ1) is 12.9.